The van der Waals surface area contributed by atoms with Crippen LogP contribution in [0.5, 0.6) is 0 Å². The molecule has 0 spiro atoms. The van der Waals surface area contributed by atoms with Crippen molar-refractivity contribution < 1.29 is 23.5 Å². The van der Waals surface area contributed by atoms with Gasteiger partial charge in [0.2, 0.25) is 0 Å². The summed E-state index contributed by atoms with van der Waals surface area (Å²) >= 11 is 3.08. The molecule has 0 atom stereocenters. The average Bonchev–Trinajstić information content (AvgIpc) is 2.45. The number of carbonyl (C=O) groups is 3. The predicted molar refractivity (Wildman–Crippen MR) is 80.8 cm³/mol. The van der Waals surface area contributed by atoms with E-state index in [0.29, 0.717) is 11.0 Å². The SMILES string of the molecule is CC(C)CNC(=O)NC(=O)COC(=O)c1cc(F)ccc1Br. The van der Waals surface area contributed by atoms with Crippen LogP contribution in [-0.4, -0.2) is 31.1 Å². The van der Waals surface area contributed by atoms with Crippen LogP contribution in [0.25, 0.3) is 0 Å². The Balaban J connectivity index is 2.45. The Labute approximate surface area is 135 Å². The number of benzene rings is 1. The highest BCUT2D eigenvalue weighted by Gasteiger charge is 2.15. The van der Waals surface area contributed by atoms with Gasteiger partial charge in [0.25, 0.3) is 5.91 Å². The summed E-state index contributed by atoms with van der Waals surface area (Å²) in [7, 11) is 0. The summed E-state index contributed by atoms with van der Waals surface area (Å²) in [5.74, 6) is -2.01. The summed E-state index contributed by atoms with van der Waals surface area (Å²) < 4.78 is 18.1. The second kappa shape index (κ2) is 8.47. The molecule has 2 N–H and O–H groups in total. The molecule has 6 nitrogen and oxygen atoms in total. The van der Waals surface area contributed by atoms with E-state index in [-0.39, 0.29) is 11.5 Å². The fraction of sp³-hybridized carbons (Fsp3) is 0.357. The summed E-state index contributed by atoms with van der Waals surface area (Å²) in [5.41, 5.74) is -0.0444. The number of urea groups is 1. The number of rotatable bonds is 5. The Morgan fingerprint density at radius 3 is 2.64 bits per heavy atom. The minimum Gasteiger partial charge on any atom is -0.452 e. The fourth-order valence-corrected chi connectivity index (χ4v) is 1.77. The molecule has 3 amide bonds. The lowest BCUT2D eigenvalue weighted by Gasteiger charge is -2.09. The van der Waals surface area contributed by atoms with Gasteiger partial charge in [0.1, 0.15) is 5.82 Å². The van der Waals surface area contributed by atoms with Gasteiger partial charge in [-0.1, -0.05) is 13.8 Å². The summed E-state index contributed by atoms with van der Waals surface area (Å²) in [4.78, 5) is 34.5. The normalized spacial score (nSPS) is 10.2. The maximum absolute atomic E-state index is 13.1. The van der Waals surface area contributed by atoms with Crippen LogP contribution in [0.4, 0.5) is 9.18 Å². The van der Waals surface area contributed by atoms with Crippen molar-refractivity contribution in [1.29, 1.82) is 0 Å². The van der Waals surface area contributed by atoms with E-state index >= 15 is 0 Å². The molecule has 0 bridgehead atoms. The number of imide groups is 1. The highest BCUT2D eigenvalue weighted by molar-refractivity contribution is 9.10. The number of amides is 3. The van der Waals surface area contributed by atoms with Crippen molar-refractivity contribution in [2.24, 2.45) is 5.92 Å². The summed E-state index contributed by atoms with van der Waals surface area (Å²) in [6.45, 7) is 3.58. The second-order valence-corrected chi connectivity index (χ2v) is 5.71. The molecule has 0 fully saturated rings. The quantitative estimate of drug-likeness (QED) is 0.773. The van der Waals surface area contributed by atoms with Crippen LogP contribution in [0.3, 0.4) is 0 Å². The molecule has 1 aromatic rings. The lowest BCUT2D eigenvalue weighted by molar-refractivity contribution is -0.123. The molecule has 0 aliphatic rings. The molecule has 1 aromatic carbocycles. The second-order valence-electron chi connectivity index (χ2n) is 4.85. The number of carbonyl (C=O) groups excluding carboxylic acids is 3. The lowest BCUT2D eigenvalue weighted by atomic mass is 10.2. The third kappa shape index (κ3) is 6.21. The molecule has 0 saturated heterocycles. The first kappa shape index (κ1) is 18.1. The van der Waals surface area contributed by atoms with Crippen LogP contribution in [0.15, 0.2) is 22.7 Å². The smallest absolute Gasteiger partial charge is 0.339 e. The van der Waals surface area contributed by atoms with Gasteiger partial charge in [-0.3, -0.25) is 10.1 Å². The average molecular weight is 375 g/mol. The van der Waals surface area contributed by atoms with E-state index in [1.165, 1.54) is 12.1 Å². The molecule has 0 aliphatic heterocycles. The Kier molecular flexibility index (Phi) is 6.97. The third-order valence-corrected chi connectivity index (χ3v) is 3.10. The summed E-state index contributed by atoms with van der Waals surface area (Å²) in [5, 5.41) is 4.50. The number of ether oxygens (including phenoxy) is 1. The first-order chi connectivity index (χ1) is 10.3. The van der Waals surface area contributed by atoms with Crippen LogP contribution in [0.2, 0.25) is 0 Å². The first-order valence-electron chi connectivity index (χ1n) is 6.49. The van der Waals surface area contributed by atoms with E-state index in [1.54, 1.807) is 0 Å². The monoisotopic (exact) mass is 374 g/mol. The molecule has 0 unspecified atom stereocenters. The number of halogens is 2. The minimum atomic E-state index is -0.871. The van der Waals surface area contributed by atoms with Gasteiger partial charge < -0.3 is 10.1 Å². The lowest BCUT2D eigenvalue weighted by Crippen LogP contribution is -2.42. The molecule has 120 valence electrons. The van der Waals surface area contributed by atoms with Crippen LogP contribution in [0.1, 0.15) is 24.2 Å². The van der Waals surface area contributed by atoms with Gasteiger partial charge in [0, 0.05) is 11.0 Å². The molecule has 0 aliphatic carbocycles. The molecular formula is C14H16BrFN2O4. The number of hydrogen-bond donors (Lipinski definition) is 2. The minimum absolute atomic E-state index is 0.0444. The maximum atomic E-state index is 13.1. The van der Waals surface area contributed by atoms with Crippen molar-refractivity contribution in [3.05, 3.63) is 34.1 Å². The Morgan fingerprint density at radius 2 is 2.00 bits per heavy atom. The molecule has 22 heavy (non-hydrogen) atoms. The molecule has 8 heteroatoms. The molecular weight excluding hydrogens is 359 g/mol. The highest BCUT2D eigenvalue weighted by Crippen LogP contribution is 2.18. The number of esters is 1. The Morgan fingerprint density at radius 1 is 1.32 bits per heavy atom. The zero-order valence-corrected chi connectivity index (χ0v) is 13.7. The molecule has 1 rings (SSSR count). The van der Waals surface area contributed by atoms with Gasteiger partial charge in [-0.2, -0.15) is 0 Å². The predicted octanol–water partition coefficient (Wildman–Crippen LogP) is 2.23. The van der Waals surface area contributed by atoms with Crippen molar-refractivity contribution in [3.8, 4) is 0 Å². The van der Waals surface area contributed by atoms with Crippen LogP contribution in [-0.2, 0) is 9.53 Å². The molecule has 0 heterocycles. The van der Waals surface area contributed by atoms with Gasteiger partial charge in [-0.15, -0.1) is 0 Å². The third-order valence-electron chi connectivity index (χ3n) is 2.41. The van der Waals surface area contributed by atoms with Crippen LogP contribution < -0.4 is 10.6 Å². The van der Waals surface area contributed by atoms with Crippen molar-refractivity contribution in [2.75, 3.05) is 13.2 Å². The van der Waals surface area contributed by atoms with E-state index in [1.807, 2.05) is 19.2 Å². The van der Waals surface area contributed by atoms with E-state index in [0.717, 1.165) is 6.07 Å². The Bertz CT molecular complexity index is 578. The molecule has 0 saturated carbocycles. The largest absolute Gasteiger partial charge is 0.452 e. The number of nitrogens with one attached hydrogen (secondary N) is 2. The highest BCUT2D eigenvalue weighted by atomic mass is 79.9. The molecule has 0 aromatic heterocycles. The van der Waals surface area contributed by atoms with E-state index in [2.05, 4.69) is 21.2 Å². The zero-order chi connectivity index (χ0) is 16.7. The zero-order valence-electron chi connectivity index (χ0n) is 12.1. The standard InChI is InChI=1S/C14H16BrFN2O4/c1-8(2)6-17-14(21)18-12(19)7-22-13(20)10-5-9(16)3-4-11(10)15/h3-5,8H,6-7H2,1-2H3,(H2,17,18,19,21). The van der Waals surface area contributed by atoms with Crippen molar-refractivity contribution >= 4 is 33.8 Å². The van der Waals surface area contributed by atoms with Crippen molar-refractivity contribution in [2.45, 2.75) is 13.8 Å². The molecule has 0 radical (unpaired) electrons. The van der Waals surface area contributed by atoms with E-state index in [9.17, 15) is 18.8 Å². The van der Waals surface area contributed by atoms with Crippen molar-refractivity contribution in [3.63, 3.8) is 0 Å². The van der Waals surface area contributed by atoms with E-state index < -0.39 is 30.3 Å². The topological polar surface area (TPSA) is 84.5 Å². The summed E-state index contributed by atoms with van der Waals surface area (Å²) in [6.07, 6.45) is 0. The van der Waals surface area contributed by atoms with Gasteiger partial charge in [-0.25, -0.2) is 14.0 Å². The summed E-state index contributed by atoms with van der Waals surface area (Å²) in [6, 6.07) is 2.85. The van der Waals surface area contributed by atoms with Gasteiger partial charge >= 0.3 is 12.0 Å². The van der Waals surface area contributed by atoms with Gasteiger partial charge in [-0.05, 0) is 40.0 Å². The van der Waals surface area contributed by atoms with Crippen LogP contribution >= 0.6 is 15.9 Å². The van der Waals surface area contributed by atoms with Gasteiger partial charge in [0.15, 0.2) is 6.61 Å². The first-order valence-corrected chi connectivity index (χ1v) is 7.28. The van der Waals surface area contributed by atoms with E-state index in [4.69, 9.17) is 4.74 Å². The van der Waals surface area contributed by atoms with Crippen molar-refractivity contribution in [1.82, 2.24) is 10.6 Å². The Hall–Kier alpha value is -1.96. The van der Waals surface area contributed by atoms with Crippen LogP contribution in [0, 0.1) is 11.7 Å². The number of hydrogen-bond acceptors (Lipinski definition) is 4. The maximum Gasteiger partial charge on any atom is 0.339 e. The van der Waals surface area contributed by atoms with Gasteiger partial charge in [0.05, 0.1) is 5.56 Å². The fourth-order valence-electron chi connectivity index (χ4n) is 1.37.